The molecule has 0 fully saturated rings. The van der Waals surface area contributed by atoms with Gasteiger partial charge >= 0.3 is 0 Å². The molecule has 1 heterocycles. The second-order valence-corrected chi connectivity index (χ2v) is 5.11. The number of hydrogen-bond donors (Lipinski definition) is 1. The molecular weight excluding hydrogens is 316 g/mol. The van der Waals surface area contributed by atoms with E-state index >= 15 is 0 Å². The number of nitrogens with one attached hydrogen (secondary N) is 1. The lowest BCUT2D eigenvalue weighted by atomic mass is 10.2. The van der Waals surface area contributed by atoms with Crippen molar-refractivity contribution in [3.63, 3.8) is 0 Å². The average Bonchev–Trinajstić information content (AvgIpc) is 3.06. The number of carbonyl (C=O) groups is 1. The van der Waals surface area contributed by atoms with Crippen LogP contribution in [0.4, 0.5) is 5.69 Å². The number of ether oxygens (including phenoxy) is 1. The Kier molecular flexibility index (Phi) is 4.30. The third-order valence-corrected chi connectivity index (χ3v) is 3.46. The van der Waals surface area contributed by atoms with Gasteiger partial charge in [-0.2, -0.15) is 0 Å². The van der Waals surface area contributed by atoms with Crippen LogP contribution in [-0.4, -0.2) is 18.0 Å². The molecule has 0 aliphatic heterocycles. The van der Waals surface area contributed by atoms with Crippen molar-refractivity contribution >= 4 is 23.2 Å². The molecule has 0 saturated heterocycles. The molecule has 2 aromatic carbocycles. The Morgan fingerprint density at radius 2 is 2.00 bits per heavy atom. The molecule has 0 atom stereocenters. The molecule has 1 N–H and O–H groups in total. The molecule has 3 rings (SSSR count). The Morgan fingerprint density at radius 3 is 2.70 bits per heavy atom. The molecule has 0 bridgehead atoms. The van der Waals surface area contributed by atoms with Gasteiger partial charge in [0.25, 0.3) is 5.91 Å². The molecule has 0 aliphatic rings. The fourth-order valence-corrected chi connectivity index (χ4v) is 2.29. The van der Waals surface area contributed by atoms with Gasteiger partial charge in [0.15, 0.2) is 0 Å². The zero-order valence-corrected chi connectivity index (χ0v) is 13.0. The van der Waals surface area contributed by atoms with E-state index in [1.54, 1.807) is 18.2 Å². The van der Waals surface area contributed by atoms with E-state index in [0.717, 1.165) is 5.56 Å². The van der Waals surface area contributed by atoms with Crippen LogP contribution in [0.25, 0.3) is 11.5 Å². The highest BCUT2D eigenvalue weighted by Crippen LogP contribution is 2.27. The summed E-state index contributed by atoms with van der Waals surface area (Å²) in [7, 11) is 1.53. The van der Waals surface area contributed by atoms with Crippen LogP contribution in [0.5, 0.6) is 5.75 Å². The summed E-state index contributed by atoms with van der Waals surface area (Å²) in [5, 5.41) is 3.11. The molecule has 116 valence electrons. The Bertz CT molecular complexity index is 831. The summed E-state index contributed by atoms with van der Waals surface area (Å²) in [6.07, 6.45) is 1.39. The van der Waals surface area contributed by atoms with Crippen molar-refractivity contribution in [3.8, 4) is 17.2 Å². The molecule has 0 unspecified atom stereocenters. The topological polar surface area (TPSA) is 64.4 Å². The minimum Gasteiger partial charge on any atom is -0.495 e. The van der Waals surface area contributed by atoms with E-state index in [-0.39, 0.29) is 5.76 Å². The highest BCUT2D eigenvalue weighted by atomic mass is 35.5. The van der Waals surface area contributed by atoms with E-state index < -0.39 is 5.91 Å². The van der Waals surface area contributed by atoms with Crippen LogP contribution in [0.2, 0.25) is 5.02 Å². The third kappa shape index (κ3) is 3.35. The van der Waals surface area contributed by atoms with Crippen LogP contribution in [0.1, 0.15) is 10.6 Å². The number of rotatable bonds is 4. The van der Waals surface area contributed by atoms with Crippen molar-refractivity contribution < 1.29 is 13.9 Å². The average molecular weight is 329 g/mol. The first kappa shape index (κ1) is 15.1. The van der Waals surface area contributed by atoms with Gasteiger partial charge in [-0.05, 0) is 30.3 Å². The van der Waals surface area contributed by atoms with E-state index in [1.165, 1.54) is 13.3 Å². The van der Waals surface area contributed by atoms with Crippen LogP contribution in [0.3, 0.4) is 0 Å². The van der Waals surface area contributed by atoms with Gasteiger partial charge in [0.05, 0.1) is 18.3 Å². The number of methoxy groups -OCH3 is 1. The minimum absolute atomic E-state index is 0.121. The van der Waals surface area contributed by atoms with E-state index in [1.807, 2.05) is 30.3 Å². The quantitative estimate of drug-likeness (QED) is 0.777. The van der Waals surface area contributed by atoms with Gasteiger partial charge < -0.3 is 14.5 Å². The Balaban J connectivity index is 1.76. The first-order valence-electron chi connectivity index (χ1n) is 6.83. The Hall–Kier alpha value is -2.79. The van der Waals surface area contributed by atoms with E-state index in [9.17, 15) is 4.79 Å². The van der Waals surface area contributed by atoms with Gasteiger partial charge in [-0.15, -0.1) is 0 Å². The predicted octanol–water partition coefficient (Wildman–Crippen LogP) is 4.26. The number of hydrogen-bond acceptors (Lipinski definition) is 4. The summed E-state index contributed by atoms with van der Waals surface area (Å²) in [5.41, 5.74) is 1.34. The maximum atomic E-state index is 12.2. The molecule has 0 saturated carbocycles. The van der Waals surface area contributed by atoms with Crippen LogP contribution in [0, 0.1) is 0 Å². The number of anilines is 1. The molecule has 5 nitrogen and oxygen atoms in total. The van der Waals surface area contributed by atoms with Gasteiger partial charge in [-0.1, -0.05) is 29.8 Å². The fraction of sp³-hybridized carbons (Fsp3) is 0.0588. The highest BCUT2D eigenvalue weighted by Gasteiger charge is 2.14. The predicted molar refractivity (Wildman–Crippen MR) is 87.9 cm³/mol. The summed E-state index contributed by atoms with van der Waals surface area (Å²) in [6.45, 7) is 0. The number of halogens is 1. The second-order valence-electron chi connectivity index (χ2n) is 4.70. The van der Waals surface area contributed by atoms with Crippen LogP contribution < -0.4 is 10.1 Å². The first-order chi connectivity index (χ1) is 11.2. The van der Waals surface area contributed by atoms with Crippen molar-refractivity contribution in [2.24, 2.45) is 0 Å². The van der Waals surface area contributed by atoms with Gasteiger partial charge in [0, 0.05) is 11.3 Å². The van der Waals surface area contributed by atoms with E-state index in [2.05, 4.69) is 10.3 Å². The number of aromatic nitrogens is 1. The summed E-state index contributed by atoms with van der Waals surface area (Å²) >= 11 is 6.03. The smallest absolute Gasteiger partial charge is 0.293 e. The number of oxazole rings is 1. The largest absolute Gasteiger partial charge is 0.495 e. The van der Waals surface area contributed by atoms with Gasteiger partial charge in [-0.3, -0.25) is 4.79 Å². The number of benzene rings is 2. The van der Waals surface area contributed by atoms with Crippen LogP contribution in [-0.2, 0) is 0 Å². The van der Waals surface area contributed by atoms with Crippen LogP contribution >= 0.6 is 11.6 Å². The number of carbonyl (C=O) groups excluding carboxylic acids is 1. The molecule has 1 amide bonds. The molecule has 0 aliphatic carbocycles. The SMILES string of the molecule is COc1ccc(NC(=O)c2cnc(-c3ccccc3)o2)cc1Cl. The number of nitrogens with zero attached hydrogens (tertiary/aromatic N) is 1. The lowest BCUT2D eigenvalue weighted by molar-refractivity contribution is 0.0997. The fourth-order valence-electron chi connectivity index (χ4n) is 2.03. The van der Waals surface area contributed by atoms with Gasteiger partial charge in [0.2, 0.25) is 11.7 Å². The Morgan fingerprint density at radius 1 is 1.22 bits per heavy atom. The lowest BCUT2D eigenvalue weighted by Gasteiger charge is -2.06. The minimum atomic E-state index is -0.402. The maximum absolute atomic E-state index is 12.2. The third-order valence-electron chi connectivity index (χ3n) is 3.16. The van der Waals surface area contributed by atoms with Crippen molar-refractivity contribution in [3.05, 3.63) is 65.5 Å². The number of amides is 1. The lowest BCUT2D eigenvalue weighted by Crippen LogP contribution is -2.10. The van der Waals surface area contributed by atoms with Crippen molar-refractivity contribution in [2.75, 3.05) is 12.4 Å². The molecule has 1 aromatic heterocycles. The molecule has 6 heteroatoms. The molecule has 0 spiro atoms. The standard InChI is InChI=1S/C17H13ClN2O3/c1-22-14-8-7-12(9-13(14)18)20-16(21)15-10-19-17(23-15)11-5-3-2-4-6-11/h2-10H,1H3,(H,20,21). The van der Waals surface area contributed by atoms with Crippen molar-refractivity contribution in [1.29, 1.82) is 0 Å². The van der Waals surface area contributed by atoms with Crippen molar-refractivity contribution in [2.45, 2.75) is 0 Å². The first-order valence-corrected chi connectivity index (χ1v) is 7.21. The zero-order valence-electron chi connectivity index (χ0n) is 12.2. The van der Waals surface area contributed by atoms with Crippen molar-refractivity contribution in [1.82, 2.24) is 4.98 Å². The molecular formula is C17H13ClN2O3. The van der Waals surface area contributed by atoms with Gasteiger partial charge in [-0.25, -0.2) is 4.98 Å². The summed E-state index contributed by atoms with van der Waals surface area (Å²) in [5.74, 6) is 0.649. The Labute approximate surface area is 137 Å². The highest BCUT2D eigenvalue weighted by molar-refractivity contribution is 6.32. The molecule has 3 aromatic rings. The summed E-state index contributed by atoms with van der Waals surface area (Å²) in [4.78, 5) is 16.3. The summed E-state index contributed by atoms with van der Waals surface area (Å²) in [6, 6.07) is 14.3. The van der Waals surface area contributed by atoms with Gasteiger partial charge in [0.1, 0.15) is 5.75 Å². The maximum Gasteiger partial charge on any atom is 0.293 e. The second kappa shape index (κ2) is 6.54. The van der Waals surface area contributed by atoms with Crippen LogP contribution in [0.15, 0.2) is 59.1 Å². The molecule has 23 heavy (non-hydrogen) atoms. The zero-order chi connectivity index (χ0) is 16.2. The molecule has 0 radical (unpaired) electrons. The summed E-state index contributed by atoms with van der Waals surface area (Å²) < 4.78 is 10.6. The monoisotopic (exact) mass is 328 g/mol. The normalized spacial score (nSPS) is 10.3. The van der Waals surface area contributed by atoms with E-state index in [4.69, 9.17) is 20.8 Å². The van der Waals surface area contributed by atoms with E-state index in [0.29, 0.717) is 22.4 Å².